The highest BCUT2D eigenvalue weighted by molar-refractivity contribution is 6.47. The van der Waals surface area contributed by atoms with E-state index in [1.165, 1.54) is 0 Å². The van der Waals surface area contributed by atoms with E-state index < -0.39 is 5.60 Å². The molecule has 0 radical (unpaired) electrons. The van der Waals surface area contributed by atoms with E-state index in [0.29, 0.717) is 12.4 Å². The van der Waals surface area contributed by atoms with Crippen LogP contribution in [0.15, 0.2) is 0 Å². The third-order valence-electron chi connectivity index (χ3n) is 5.20. The fourth-order valence-electron chi connectivity index (χ4n) is 3.13. The predicted molar refractivity (Wildman–Crippen MR) is 91.5 cm³/mol. The zero-order chi connectivity index (χ0) is 17.6. The molecule has 0 aromatic rings. The Bertz CT molecular complexity index is 442. The maximum atomic E-state index is 12.3. The van der Waals surface area contributed by atoms with Crippen molar-refractivity contribution in [2.24, 2.45) is 0 Å². The second kappa shape index (κ2) is 5.96. The minimum Gasteiger partial charge on any atom is -0.444 e. The van der Waals surface area contributed by atoms with E-state index in [0.717, 1.165) is 12.8 Å². The number of ether oxygens (including phenoxy) is 1. The van der Waals surface area contributed by atoms with E-state index >= 15 is 0 Å². The summed E-state index contributed by atoms with van der Waals surface area (Å²) in [6.45, 7) is 16.7. The molecule has 2 aliphatic heterocycles. The van der Waals surface area contributed by atoms with Gasteiger partial charge in [0.1, 0.15) is 5.60 Å². The first-order valence-electron chi connectivity index (χ1n) is 8.68. The lowest BCUT2D eigenvalue weighted by Gasteiger charge is -2.38. The average molecular weight is 325 g/mol. The van der Waals surface area contributed by atoms with Crippen LogP contribution in [0.5, 0.6) is 0 Å². The van der Waals surface area contributed by atoms with Crippen molar-refractivity contribution in [2.75, 3.05) is 6.54 Å². The molecule has 0 aromatic heterocycles. The number of carbonyl (C=O) groups is 1. The van der Waals surface area contributed by atoms with Crippen LogP contribution in [0.1, 0.15) is 68.2 Å². The Morgan fingerprint density at radius 3 is 2.13 bits per heavy atom. The molecule has 2 aliphatic rings. The topological polar surface area (TPSA) is 48.0 Å². The van der Waals surface area contributed by atoms with Crippen LogP contribution in [0.25, 0.3) is 0 Å². The van der Waals surface area contributed by atoms with Crippen molar-refractivity contribution in [1.82, 2.24) is 4.90 Å². The van der Waals surface area contributed by atoms with Crippen LogP contribution in [-0.2, 0) is 14.0 Å². The van der Waals surface area contributed by atoms with Crippen LogP contribution in [-0.4, -0.2) is 47.5 Å². The standard InChI is InChI=1S/C17H32BNO4/c1-12-11-13(18-22-16(5,6)17(7,8)23-18)9-10-19(12)14(20)21-15(2,3)4/h12-13H,9-11H2,1-8H3. The molecule has 0 bridgehead atoms. The predicted octanol–water partition coefficient (Wildman–Crippen LogP) is 3.87. The number of hydrogen-bond donors (Lipinski definition) is 0. The Hall–Kier alpha value is -0.745. The lowest BCUT2D eigenvalue weighted by Crippen LogP contribution is -2.48. The molecule has 0 saturated carbocycles. The molecule has 2 fully saturated rings. The third kappa shape index (κ3) is 4.02. The smallest absolute Gasteiger partial charge is 0.444 e. The summed E-state index contributed by atoms with van der Waals surface area (Å²) < 4.78 is 17.8. The summed E-state index contributed by atoms with van der Waals surface area (Å²) in [6.07, 6.45) is 1.52. The van der Waals surface area contributed by atoms with Gasteiger partial charge in [0.2, 0.25) is 0 Å². The minimum absolute atomic E-state index is 0.127. The van der Waals surface area contributed by atoms with Gasteiger partial charge in [0.15, 0.2) is 0 Å². The Morgan fingerprint density at radius 1 is 1.17 bits per heavy atom. The van der Waals surface area contributed by atoms with Gasteiger partial charge in [-0.2, -0.15) is 0 Å². The first-order chi connectivity index (χ1) is 10.3. The van der Waals surface area contributed by atoms with Crippen molar-refractivity contribution in [1.29, 1.82) is 0 Å². The van der Waals surface area contributed by atoms with Crippen molar-refractivity contribution in [2.45, 2.75) is 96.9 Å². The molecule has 2 saturated heterocycles. The highest BCUT2D eigenvalue weighted by Gasteiger charge is 2.54. The van der Waals surface area contributed by atoms with Crippen LogP contribution in [0.3, 0.4) is 0 Å². The Labute approximate surface area is 141 Å². The van der Waals surface area contributed by atoms with Gasteiger partial charge in [-0.25, -0.2) is 4.79 Å². The number of hydrogen-bond acceptors (Lipinski definition) is 4. The van der Waals surface area contributed by atoms with Gasteiger partial charge in [0, 0.05) is 12.6 Å². The fraction of sp³-hybridized carbons (Fsp3) is 0.941. The number of piperidine rings is 1. The maximum absolute atomic E-state index is 12.3. The molecule has 6 heteroatoms. The lowest BCUT2D eigenvalue weighted by atomic mass is 9.65. The van der Waals surface area contributed by atoms with Crippen LogP contribution in [0, 0.1) is 0 Å². The van der Waals surface area contributed by atoms with Gasteiger partial charge in [-0.3, -0.25) is 0 Å². The molecule has 0 aromatic carbocycles. The molecule has 0 aliphatic carbocycles. The van der Waals surface area contributed by atoms with E-state index in [1.54, 1.807) is 0 Å². The van der Waals surface area contributed by atoms with Gasteiger partial charge in [0.25, 0.3) is 0 Å². The third-order valence-corrected chi connectivity index (χ3v) is 5.20. The van der Waals surface area contributed by atoms with Crippen LogP contribution in [0.4, 0.5) is 4.79 Å². The molecule has 2 unspecified atom stereocenters. The number of amides is 1. The second-order valence-electron chi connectivity index (χ2n) is 8.93. The van der Waals surface area contributed by atoms with Crippen LogP contribution >= 0.6 is 0 Å². The Kier molecular flexibility index (Phi) is 4.82. The van der Waals surface area contributed by atoms with Crippen LogP contribution in [0.2, 0.25) is 5.82 Å². The van der Waals surface area contributed by atoms with Gasteiger partial charge < -0.3 is 18.9 Å². The van der Waals surface area contributed by atoms with Crippen molar-refractivity contribution in [3.63, 3.8) is 0 Å². The highest BCUT2D eigenvalue weighted by Crippen LogP contribution is 2.43. The zero-order valence-electron chi connectivity index (χ0n) is 15.9. The maximum Gasteiger partial charge on any atom is 0.461 e. The Balaban J connectivity index is 1.96. The summed E-state index contributed by atoms with van der Waals surface area (Å²) in [4.78, 5) is 14.1. The van der Waals surface area contributed by atoms with Gasteiger partial charge in [-0.05, 0) is 74.0 Å². The molecule has 5 nitrogen and oxygen atoms in total. The van der Waals surface area contributed by atoms with E-state index in [9.17, 15) is 4.79 Å². The molecular weight excluding hydrogens is 293 g/mol. The quantitative estimate of drug-likeness (QED) is 0.687. The summed E-state index contributed by atoms with van der Waals surface area (Å²) in [5.74, 6) is 0.310. The van der Waals surface area contributed by atoms with Crippen molar-refractivity contribution in [3.05, 3.63) is 0 Å². The Morgan fingerprint density at radius 2 is 1.70 bits per heavy atom. The number of likely N-dealkylation sites (tertiary alicyclic amines) is 1. The largest absolute Gasteiger partial charge is 0.461 e. The van der Waals surface area contributed by atoms with Gasteiger partial charge in [-0.1, -0.05) is 0 Å². The van der Waals surface area contributed by atoms with Gasteiger partial charge >= 0.3 is 13.2 Å². The SMILES string of the molecule is CC1CC(B2OC(C)(C)C(C)(C)O2)CCN1C(=O)OC(C)(C)C. The molecular formula is C17H32BNO4. The second-order valence-corrected chi connectivity index (χ2v) is 8.93. The average Bonchev–Trinajstić information content (AvgIpc) is 2.56. The van der Waals surface area contributed by atoms with Crippen LogP contribution < -0.4 is 0 Å². The van der Waals surface area contributed by atoms with Crippen molar-refractivity contribution in [3.8, 4) is 0 Å². The number of rotatable bonds is 1. The summed E-state index contributed by atoms with van der Waals surface area (Å²) >= 11 is 0. The summed E-state index contributed by atoms with van der Waals surface area (Å²) in [6, 6.07) is 0.127. The van der Waals surface area contributed by atoms with E-state index in [4.69, 9.17) is 14.0 Å². The highest BCUT2D eigenvalue weighted by atomic mass is 16.7. The minimum atomic E-state index is -0.459. The number of carbonyl (C=O) groups excluding carboxylic acids is 1. The van der Waals surface area contributed by atoms with E-state index in [-0.39, 0.29) is 30.5 Å². The molecule has 0 N–H and O–H groups in total. The zero-order valence-corrected chi connectivity index (χ0v) is 15.9. The summed E-state index contributed by atoms with van der Waals surface area (Å²) in [5.41, 5.74) is -1.06. The van der Waals surface area contributed by atoms with E-state index in [2.05, 4.69) is 34.6 Å². The summed E-state index contributed by atoms with van der Waals surface area (Å²) in [5, 5.41) is 0. The lowest BCUT2D eigenvalue weighted by molar-refractivity contribution is 0.00578. The van der Waals surface area contributed by atoms with Gasteiger partial charge in [-0.15, -0.1) is 0 Å². The monoisotopic (exact) mass is 325 g/mol. The molecule has 2 heterocycles. The first kappa shape index (κ1) is 18.6. The molecule has 23 heavy (non-hydrogen) atoms. The van der Waals surface area contributed by atoms with Crippen molar-refractivity contribution >= 4 is 13.2 Å². The molecule has 1 amide bonds. The first-order valence-corrected chi connectivity index (χ1v) is 8.68. The normalized spacial score (nSPS) is 30.4. The molecule has 2 rings (SSSR count). The molecule has 2 atom stereocenters. The van der Waals surface area contributed by atoms with E-state index in [1.807, 2.05) is 25.7 Å². The van der Waals surface area contributed by atoms with Gasteiger partial charge in [0.05, 0.1) is 11.2 Å². The fourth-order valence-corrected chi connectivity index (χ4v) is 3.13. The summed E-state index contributed by atoms with van der Waals surface area (Å²) in [7, 11) is -0.191. The molecule has 132 valence electrons. The number of nitrogens with zero attached hydrogens (tertiary/aromatic N) is 1. The molecule has 0 spiro atoms. The van der Waals surface area contributed by atoms with Crippen molar-refractivity contribution < 1.29 is 18.8 Å².